The number of thiophene rings is 1. The highest BCUT2D eigenvalue weighted by atomic mass is 32.1. The van der Waals surface area contributed by atoms with Gasteiger partial charge < -0.3 is 14.6 Å². The number of halogens is 3. The fourth-order valence-corrected chi connectivity index (χ4v) is 6.61. The molecule has 4 aromatic rings. The number of amides is 1. The van der Waals surface area contributed by atoms with Gasteiger partial charge in [0.05, 0.1) is 31.5 Å². The van der Waals surface area contributed by atoms with Crippen molar-refractivity contribution in [2.75, 3.05) is 33.3 Å². The van der Waals surface area contributed by atoms with Crippen molar-refractivity contribution in [2.24, 2.45) is 0 Å². The van der Waals surface area contributed by atoms with Gasteiger partial charge in [-0.3, -0.25) is 14.4 Å². The van der Waals surface area contributed by atoms with Gasteiger partial charge in [-0.25, -0.2) is 9.97 Å². The number of piperidine rings is 1. The van der Waals surface area contributed by atoms with Crippen molar-refractivity contribution in [3.05, 3.63) is 46.8 Å². The third kappa shape index (κ3) is 4.48. The van der Waals surface area contributed by atoms with Crippen LogP contribution in [0.15, 0.2) is 37.1 Å². The summed E-state index contributed by atoms with van der Waals surface area (Å²) < 4.78 is 46.5. The molecule has 208 valence electrons. The normalized spacial score (nSPS) is 18.0. The quantitative estimate of drug-likeness (QED) is 0.371. The van der Waals surface area contributed by atoms with Gasteiger partial charge in [0.1, 0.15) is 33.0 Å². The van der Waals surface area contributed by atoms with Crippen molar-refractivity contribution in [1.29, 1.82) is 5.26 Å². The lowest BCUT2D eigenvalue weighted by Gasteiger charge is -2.53. The molecular weight excluding hydrogens is 545 g/mol. The topological polar surface area (TPSA) is 116 Å². The largest absolute Gasteiger partial charge is 0.495 e. The minimum Gasteiger partial charge on any atom is -0.495 e. The number of fused-ring (bicyclic) bond motifs is 1. The molecule has 40 heavy (non-hydrogen) atoms. The number of rotatable bonds is 6. The van der Waals surface area contributed by atoms with Crippen molar-refractivity contribution in [3.63, 3.8) is 0 Å². The summed E-state index contributed by atoms with van der Waals surface area (Å²) in [5.74, 6) is -0.491. The molecule has 2 saturated heterocycles. The van der Waals surface area contributed by atoms with Crippen LogP contribution in [0.3, 0.4) is 0 Å². The highest BCUT2D eigenvalue weighted by molar-refractivity contribution is 7.14. The molecule has 6 rings (SSSR count). The first kappa shape index (κ1) is 26.3. The van der Waals surface area contributed by atoms with Crippen LogP contribution in [0.4, 0.5) is 13.2 Å². The molecule has 14 heteroatoms. The van der Waals surface area contributed by atoms with Gasteiger partial charge in [-0.2, -0.15) is 23.5 Å². The fraction of sp³-hybridized carbons (Fsp3) is 0.423. The van der Waals surface area contributed by atoms with E-state index in [0.717, 1.165) is 28.4 Å². The Labute approximate surface area is 231 Å². The number of nitrogens with zero attached hydrogens (tertiary/aromatic N) is 7. The summed E-state index contributed by atoms with van der Waals surface area (Å²) >= 11 is 0.418. The van der Waals surface area contributed by atoms with E-state index < -0.39 is 22.5 Å². The molecule has 2 aliphatic heterocycles. The number of methoxy groups -OCH3 is 1. The summed E-state index contributed by atoms with van der Waals surface area (Å²) in [6, 6.07) is 5.30. The molecule has 0 unspecified atom stereocenters. The number of hydrogen-bond acceptors (Lipinski definition) is 8. The molecule has 6 heterocycles. The molecule has 0 aliphatic carbocycles. The molecule has 10 nitrogen and oxygen atoms in total. The number of aromatic amines is 1. The lowest BCUT2D eigenvalue weighted by atomic mass is 9.84. The number of aromatic nitrogens is 5. The summed E-state index contributed by atoms with van der Waals surface area (Å²) in [5.41, 5.74) is 1.88. The molecule has 0 spiro atoms. The van der Waals surface area contributed by atoms with Crippen molar-refractivity contribution in [2.45, 2.75) is 37.0 Å². The van der Waals surface area contributed by atoms with Crippen LogP contribution >= 0.6 is 11.3 Å². The van der Waals surface area contributed by atoms with Crippen LogP contribution in [0.25, 0.3) is 22.3 Å². The lowest BCUT2D eigenvalue weighted by molar-refractivity contribution is -0.134. The van der Waals surface area contributed by atoms with Crippen LogP contribution in [-0.2, 0) is 11.7 Å². The number of H-pyrrole nitrogens is 1. The minimum atomic E-state index is -4.53. The van der Waals surface area contributed by atoms with E-state index in [9.17, 15) is 23.2 Å². The number of nitrogens with one attached hydrogen (secondary N) is 1. The molecule has 0 bridgehead atoms. The first-order valence-corrected chi connectivity index (χ1v) is 13.5. The Hall–Kier alpha value is -3.96. The van der Waals surface area contributed by atoms with Crippen LogP contribution in [0.2, 0.25) is 0 Å². The maximum absolute atomic E-state index is 13.2. The zero-order valence-electron chi connectivity index (χ0n) is 21.5. The molecule has 0 aromatic carbocycles. The third-order valence-corrected chi connectivity index (χ3v) is 8.91. The first-order valence-electron chi connectivity index (χ1n) is 12.7. The van der Waals surface area contributed by atoms with Gasteiger partial charge in [-0.15, -0.1) is 11.3 Å². The predicted molar refractivity (Wildman–Crippen MR) is 140 cm³/mol. The zero-order valence-corrected chi connectivity index (χ0v) is 22.3. The summed E-state index contributed by atoms with van der Waals surface area (Å²) in [6.07, 6.45) is 4.13. The number of nitriles is 1. The van der Waals surface area contributed by atoms with E-state index in [1.54, 1.807) is 11.1 Å². The van der Waals surface area contributed by atoms with Crippen LogP contribution in [0, 0.1) is 11.3 Å². The number of carbonyl (C=O) groups excluding carboxylic acids is 1. The van der Waals surface area contributed by atoms with Crippen LogP contribution in [0.5, 0.6) is 5.75 Å². The number of hydrogen-bond donors (Lipinski definition) is 1. The maximum atomic E-state index is 13.2. The molecule has 0 atom stereocenters. The van der Waals surface area contributed by atoms with E-state index in [1.807, 2.05) is 23.1 Å². The third-order valence-electron chi connectivity index (χ3n) is 7.76. The van der Waals surface area contributed by atoms with Gasteiger partial charge in [0.2, 0.25) is 0 Å². The first-order chi connectivity index (χ1) is 19.2. The number of ether oxygens (including phenoxy) is 1. The molecular formula is C26H25F3N8O2S. The maximum Gasteiger partial charge on any atom is 0.425 e. The Balaban J connectivity index is 1.11. The summed E-state index contributed by atoms with van der Waals surface area (Å²) in [6.45, 7) is 2.13. The van der Waals surface area contributed by atoms with E-state index in [1.165, 1.54) is 13.4 Å². The molecule has 0 saturated carbocycles. The molecule has 2 aliphatic rings. The predicted octanol–water partition coefficient (Wildman–Crippen LogP) is 4.14. The second-order valence-electron chi connectivity index (χ2n) is 10.1. The molecule has 2 fully saturated rings. The number of alkyl halides is 3. The summed E-state index contributed by atoms with van der Waals surface area (Å²) in [5, 5.41) is 15.1. The Kier molecular flexibility index (Phi) is 6.50. The van der Waals surface area contributed by atoms with Gasteiger partial charge >= 0.3 is 6.18 Å². The monoisotopic (exact) mass is 570 g/mol. The van der Waals surface area contributed by atoms with E-state index in [0.29, 0.717) is 56.8 Å². The van der Waals surface area contributed by atoms with E-state index in [-0.39, 0.29) is 16.7 Å². The SMILES string of the molecule is COc1cc(C(F)(F)F)sc1C(=O)N1CCC(N2CC(CC#N)(n3cc(-c4ncnc5[nH]ccc45)cn3)C2)CC1. The van der Waals surface area contributed by atoms with Crippen molar-refractivity contribution < 1.29 is 22.7 Å². The van der Waals surface area contributed by atoms with Gasteiger partial charge in [0.15, 0.2) is 0 Å². The number of likely N-dealkylation sites (tertiary alicyclic amines) is 2. The minimum absolute atomic E-state index is 0.0275. The second-order valence-corrected chi connectivity index (χ2v) is 11.2. The van der Waals surface area contributed by atoms with Crippen LogP contribution in [-0.4, -0.2) is 79.8 Å². The summed E-state index contributed by atoms with van der Waals surface area (Å²) in [4.78, 5) is 27.8. The van der Waals surface area contributed by atoms with Crippen LogP contribution in [0.1, 0.15) is 33.8 Å². The van der Waals surface area contributed by atoms with Gasteiger partial charge in [0.25, 0.3) is 5.91 Å². The average molecular weight is 571 g/mol. The highest BCUT2D eigenvalue weighted by Crippen LogP contribution is 2.41. The van der Waals surface area contributed by atoms with E-state index >= 15 is 0 Å². The van der Waals surface area contributed by atoms with Crippen molar-refractivity contribution in [3.8, 4) is 23.1 Å². The smallest absolute Gasteiger partial charge is 0.425 e. The fourth-order valence-electron chi connectivity index (χ4n) is 5.65. The second kappa shape index (κ2) is 9.90. The standard InChI is InChI=1S/C26H25F3N8O2S/c1-39-19-10-20(26(27,28)29)40-22(19)24(38)35-8-3-17(4-9-35)36-13-25(14-36,5-6-30)37-12-16(11-34-37)21-18-2-7-31-23(18)33-15-32-21/h2,7,10-12,15,17H,3-5,8-9,13-14H2,1H3,(H,31,32,33). The van der Waals surface area contributed by atoms with Gasteiger partial charge in [-0.05, 0) is 18.9 Å². The Morgan fingerprint density at radius 3 is 2.77 bits per heavy atom. The Morgan fingerprint density at radius 2 is 2.08 bits per heavy atom. The zero-order chi connectivity index (χ0) is 28.1. The molecule has 1 amide bonds. The average Bonchev–Trinajstić information content (AvgIpc) is 3.69. The van der Waals surface area contributed by atoms with E-state index in [4.69, 9.17) is 4.74 Å². The summed E-state index contributed by atoms with van der Waals surface area (Å²) in [7, 11) is 1.26. The molecule has 4 aromatic heterocycles. The van der Waals surface area contributed by atoms with E-state index in [2.05, 4.69) is 31.0 Å². The lowest BCUT2D eigenvalue weighted by Crippen LogP contribution is -2.66. The van der Waals surface area contributed by atoms with Crippen molar-refractivity contribution in [1.82, 2.24) is 34.5 Å². The van der Waals surface area contributed by atoms with Gasteiger partial charge in [-0.1, -0.05) is 0 Å². The number of carbonyl (C=O) groups is 1. The molecule has 1 N–H and O–H groups in total. The van der Waals surface area contributed by atoms with Crippen LogP contribution < -0.4 is 4.74 Å². The highest BCUT2D eigenvalue weighted by Gasteiger charge is 2.48. The van der Waals surface area contributed by atoms with Gasteiger partial charge in [0, 0.05) is 61.6 Å². The Morgan fingerprint density at radius 1 is 1.30 bits per heavy atom. The van der Waals surface area contributed by atoms with Crippen molar-refractivity contribution >= 4 is 28.3 Å². The molecule has 0 radical (unpaired) electrons. The Bertz CT molecular complexity index is 1590.